The van der Waals surface area contributed by atoms with E-state index in [4.69, 9.17) is 15.2 Å². The van der Waals surface area contributed by atoms with Gasteiger partial charge in [0.2, 0.25) is 0 Å². The van der Waals surface area contributed by atoms with Crippen molar-refractivity contribution < 1.29 is 18.7 Å². The van der Waals surface area contributed by atoms with Gasteiger partial charge in [0, 0.05) is 25.6 Å². The molecule has 1 heterocycles. The Kier molecular flexibility index (Phi) is 12.0. The van der Waals surface area contributed by atoms with Gasteiger partial charge in [-0.1, -0.05) is 12.1 Å². The van der Waals surface area contributed by atoms with E-state index in [2.05, 4.69) is 4.90 Å². The first-order valence-corrected chi connectivity index (χ1v) is 10.2. The van der Waals surface area contributed by atoms with Gasteiger partial charge in [0.1, 0.15) is 17.3 Å². The van der Waals surface area contributed by atoms with Crippen molar-refractivity contribution in [3.05, 3.63) is 59.4 Å². The number of hydrogen-bond donors (Lipinski definition) is 1. The maximum absolute atomic E-state index is 14.5. The van der Waals surface area contributed by atoms with Crippen LogP contribution >= 0.6 is 24.8 Å². The number of rotatable bonds is 7. The van der Waals surface area contributed by atoms with Gasteiger partial charge >= 0.3 is 0 Å². The van der Waals surface area contributed by atoms with Crippen LogP contribution in [0.5, 0.6) is 11.5 Å². The van der Waals surface area contributed by atoms with Gasteiger partial charge in [0.05, 0.1) is 18.8 Å². The standard InChI is InChI=1S/C23H30FN3O3.2ClH/c1-26(2)14-18-15-27(11-12-29-16-18)23(28)21-13-20(7-8-22(21)24)30-19-5-3-17(4-6-19)9-10-25;;/h3-8,13,18H,9-12,14-16,25H2,1-2H3;2*1H. The third-order valence-corrected chi connectivity index (χ3v) is 5.01. The van der Waals surface area contributed by atoms with E-state index in [1.165, 1.54) is 18.2 Å². The van der Waals surface area contributed by atoms with Gasteiger partial charge in [-0.2, -0.15) is 0 Å². The van der Waals surface area contributed by atoms with Crippen LogP contribution in [-0.4, -0.2) is 69.2 Å². The molecule has 3 rings (SSSR count). The quantitative estimate of drug-likeness (QED) is 0.645. The number of nitrogens with two attached hydrogens (primary N) is 1. The summed E-state index contributed by atoms with van der Waals surface area (Å²) in [6, 6.07) is 11.8. The van der Waals surface area contributed by atoms with Gasteiger partial charge in [0.25, 0.3) is 5.91 Å². The number of carbonyl (C=O) groups is 1. The van der Waals surface area contributed by atoms with Crippen LogP contribution < -0.4 is 10.5 Å². The third-order valence-electron chi connectivity index (χ3n) is 5.01. The lowest BCUT2D eigenvalue weighted by molar-refractivity contribution is 0.0730. The molecule has 1 atom stereocenters. The second kappa shape index (κ2) is 13.6. The first kappa shape index (κ1) is 28.1. The predicted molar refractivity (Wildman–Crippen MR) is 129 cm³/mol. The SMILES string of the molecule is CN(C)CC1COCCN(C(=O)c2cc(Oc3ccc(CCN)cc3)ccc2F)C1.Cl.Cl. The molecule has 178 valence electrons. The van der Waals surface area contributed by atoms with E-state index in [9.17, 15) is 9.18 Å². The molecule has 2 N–H and O–H groups in total. The van der Waals surface area contributed by atoms with Crippen molar-refractivity contribution in [2.45, 2.75) is 6.42 Å². The molecule has 0 saturated carbocycles. The van der Waals surface area contributed by atoms with E-state index >= 15 is 0 Å². The van der Waals surface area contributed by atoms with E-state index in [0.717, 1.165) is 18.5 Å². The molecule has 1 saturated heterocycles. The van der Waals surface area contributed by atoms with Crippen molar-refractivity contribution in [2.24, 2.45) is 11.7 Å². The Balaban J connectivity index is 0.00000256. The summed E-state index contributed by atoms with van der Waals surface area (Å²) in [4.78, 5) is 16.8. The second-order valence-corrected chi connectivity index (χ2v) is 7.88. The largest absolute Gasteiger partial charge is 0.457 e. The van der Waals surface area contributed by atoms with Crippen LogP contribution in [0.3, 0.4) is 0 Å². The smallest absolute Gasteiger partial charge is 0.257 e. The number of ether oxygens (including phenoxy) is 2. The fraction of sp³-hybridized carbons (Fsp3) is 0.435. The first-order valence-electron chi connectivity index (χ1n) is 10.2. The van der Waals surface area contributed by atoms with E-state index in [1.54, 1.807) is 4.90 Å². The van der Waals surface area contributed by atoms with Crippen LogP contribution in [0.25, 0.3) is 0 Å². The summed E-state index contributed by atoms with van der Waals surface area (Å²) in [6.07, 6.45) is 0.795. The Morgan fingerprint density at radius 3 is 2.53 bits per heavy atom. The molecule has 0 radical (unpaired) electrons. The van der Waals surface area contributed by atoms with Crippen LogP contribution in [-0.2, 0) is 11.2 Å². The Morgan fingerprint density at radius 2 is 1.88 bits per heavy atom. The summed E-state index contributed by atoms with van der Waals surface area (Å²) in [7, 11) is 3.97. The van der Waals surface area contributed by atoms with Crippen LogP contribution in [0.1, 0.15) is 15.9 Å². The van der Waals surface area contributed by atoms with Crippen molar-refractivity contribution in [3.8, 4) is 11.5 Å². The highest BCUT2D eigenvalue weighted by atomic mass is 35.5. The number of carbonyl (C=O) groups excluding carboxylic acids is 1. The molecule has 1 aliphatic heterocycles. The van der Waals surface area contributed by atoms with Crippen LogP contribution in [0.2, 0.25) is 0 Å². The molecular weight excluding hydrogens is 456 g/mol. The number of amides is 1. The molecule has 1 aliphatic rings. The summed E-state index contributed by atoms with van der Waals surface area (Å²) in [5, 5.41) is 0. The van der Waals surface area contributed by atoms with E-state index in [1.807, 2.05) is 38.4 Å². The third kappa shape index (κ3) is 7.90. The number of nitrogens with zero attached hydrogens (tertiary/aromatic N) is 2. The Bertz CT molecular complexity index is 853. The van der Waals surface area contributed by atoms with E-state index in [-0.39, 0.29) is 42.2 Å². The topological polar surface area (TPSA) is 68.0 Å². The fourth-order valence-electron chi connectivity index (χ4n) is 3.62. The van der Waals surface area contributed by atoms with Gasteiger partial charge in [-0.15, -0.1) is 24.8 Å². The highest BCUT2D eigenvalue weighted by Gasteiger charge is 2.26. The van der Waals surface area contributed by atoms with Gasteiger partial charge in [0.15, 0.2) is 0 Å². The maximum Gasteiger partial charge on any atom is 0.257 e. The number of hydrogen-bond acceptors (Lipinski definition) is 5. The van der Waals surface area contributed by atoms with Crippen molar-refractivity contribution >= 4 is 30.7 Å². The van der Waals surface area contributed by atoms with Gasteiger partial charge in [-0.05, 0) is 63.0 Å². The normalized spacial score (nSPS) is 16.0. The van der Waals surface area contributed by atoms with Gasteiger partial charge < -0.3 is 25.0 Å². The summed E-state index contributed by atoms with van der Waals surface area (Å²) in [6.45, 7) is 3.40. The van der Waals surface area contributed by atoms with E-state index in [0.29, 0.717) is 44.3 Å². The monoisotopic (exact) mass is 487 g/mol. The summed E-state index contributed by atoms with van der Waals surface area (Å²) < 4.78 is 26.0. The molecule has 0 bridgehead atoms. The van der Waals surface area contributed by atoms with Crippen LogP contribution in [0.15, 0.2) is 42.5 Å². The molecule has 2 aromatic carbocycles. The molecule has 1 amide bonds. The average molecular weight is 488 g/mol. The Morgan fingerprint density at radius 1 is 1.19 bits per heavy atom. The molecule has 9 heteroatoms. The first-order chi connectivity index (χ1) is 14.5. The minimum atomic E-state index is -0.556. The van der Waals surface area contributed by atoms with Crippen molar-refractivity contribution in [2.75, 3.05) is 53.5 Å². The molecular formula is C23H32Cl2FN3O3. The lowest BCUT2D eigenvalue weighted by Gasteiger charge is -2.25. The molecule has 0 spiro atoms. The highest BCUT2D eigenvalue weighted by molar-refractivity contribution is 5.95. The van der Waals surface area contributed by atoms with Crippen molar-refractivity contribution in [1.82, 2.24) is 9.80 Å². The zero-order valence-corrected chi connectivity index (χ0v) is 20.1. The van der Waals surface area contributed by atoms with E-state index < -0.39 is 5.82 Å². The summed E-state index contributed by atoms with van der Waals surface area (Å²) in [5.74, 6) is 0.323. The van der Waals surface area contributed by atoms with Crippen molar-refractivity contribution in [1.29, 1.82) is 0 Å². The Labute approximate surface area is 201 Å². The molecule has 6 nitrogen and oxygen atoms in total. The zero-order valence-electron chi connectivity index (χ0n) is 18.5. The summed E-state index contributed by atoms with van der Waals surface area (Å²) >= 11 is 0. The molecule has 2 aromatic rings. The van der Waals surface area contributed by atoms with Crippen LogP contribution in [0.4, 0.5) is 4.39 Å². The minimum absolute atomic E-state index is 0. The van der Waals surface area contributed by atoms with Crippen LogP contribution in [0, 0.1) is 11.7 Å². The number of benzene rings is 2. The fourth-order valence-corrected chi connectivity index (χ4v) is 3.62. The Hall–Kier alpha value is -1.90. The highest BCUT2D eigenvalue weighted by Crippen LogP contribution is 2.25. The van der Waals surface area contributed by atoms with Gasteiger partial charge in [-0.25, -0.2) is 4.39 Å². The lowest BCUT2D eigenvalue weighted by Crippen LogP contribution is -2.39. The molecule has 1 fully saturated rings. The zero-order chi connectivity index (χ0) is 21.5. The summed E-state index contributed by atoms with van der Waals surface area (Å²) in [5.41, 5.74) is 6.70. The molecule has 1 unspecified atom stereocenters. The molecule has 0 aromatic heterocycles. The maximum atomic E-state index is 14.5. The minimum Gasteiger partial charge on any atom is -0.457 e. The number of halogens is 3. The average Bonchev–Trinajstić information content (AvgIpc) is 2.95. The lowest BCUT2D eigenvalue weighted by atomic mass is 10.1. The predicted octanol–water partition coefficient (Wildman–Crippen LogP) is 3.61. The molecule has 32 heavy (non-hydrogen) atoms. The molecule has 0 aliphatic carbocycles. The van der Waals surface area contributed by atoms with Crippen molar-refractivity contribution in [3.63, 3.8) is 0 Å². The second-order valence-electron chi connectivity index (χ2n) is 7.88. The van der Waals surface area contributed by atoms with Gasteiger partial charge in [-0.3, -0.25) is 4.79 Å².